The van der Waals surface area contributed by atoms with Crippen molar-refractivity contribution in [3.05, 3.63) is 78.6 Å². The largest absolute Gasteiger partial charge is 0.355 e. The number of aromatic amines is 1. The van der Waals surface area contributed by atoms with Crippen LogP contribution < -0.4 is 0 Å². The maximum atomic E-state index is 14.5. The summed E-state index contributed by atoms with van der Waals surface area (Å²) < 4.78 is 37.7. The lowest BCUT2D eigenvalue weighted by Crippen LogP contribution is -1.96. The van der Waals surface area contributed by atoms with Crippen molar-refractivity contribution in [3.8, 4) is 22.4 Å². The number of fused-ring (bicyclic) bond motifs is 1. The molecular formula is C21H16FNO2S. The van der Waals surface area contributed by atoms with Gasteiger partial charge in [-0.25, -0.2) is 12.8 Å². The molecule has 0 aliphatic heterocycles. The molecular weight excluding hydrogens is 349 g/mol. The van der Waals surface area contributed by atoms with Gasteiger partial charge in [-0.3, -0.25) is 0 Å². The van der Waals surface area contributed by atoms with Gasteiger partial charge in [-0.15, -0.1) is 0 Å². The van der Waals surface area contributed by atoms with Gasteiger partial charge in [-0.1, -0.05) is 42.5 Å². The molecule has 0 aliphatic rings. The molecule has 0 unspecified atom stereocenters. The van der Waals surface area contributed by atoms with Gasteiger partial charge in [-0.05, 0) is 41.5 Å². The first-order chi connectivity index (χ1) is 12.4. The zero-order valence-corrected chi connectivity index (χ0v) is 14.8. The zero-order valence-electron chi connectivity index (χ0n) is 14.0. The van der Waals surface area contributed by atoms with E-state index >= 15 is 0 Å². The molecule has 1 aromatic heterocycles. The van der Waals surface area contributed by atoms with Gasteiger partial charge in [0.1, 0.15) is 5.82 Å². The van der Waals surface area contributed by atoms with Crippen molar-refractivity contribution in [1.29, 1.82) is 0 Å². The van der Waals surface area contributed by atoms with Gasteiger partial charge in [0.25, 0.3) is 0 Å². The lowest BCUT2D eigenvalue weighted by atomic mass is 10.0. The summed E-state index contributed by atoms with van der Waals surface area (Å²) in [5, 5.41) is 0.790. The Kier molecular flexibility index (Phi) is 3.89. The molecule has 0 fully saturated rings. The maximum Gasteiger partial charge on any atom is 0.175 e. The molecule has 26 heavy (non-hydrogen) atoms. The van der Waals surface area contributed by atoms with Crippen molar-refractivity contribution >= 4 is 20.7 Å². The average molecular weight is 365 g/mol. The minimum Gasteiger partial charge on any atom is -0.355 e. The molecule has 130 valence electrons. The summed E-state index contributed by atoms with van der Waals surface area (Å²) in [5.74, 6) is -0.276. The molecule has 0 aliphatic carbocycles. The standard InChI is InChI=1S/C21H16FNO2S/c1-26(24,25)16-9-7-14(8-10-16)20-13-17-19(23-20)12-11-18(22)21(17)15-5-3-2-4-6-15/h2-13,23H,1H3. The average Bonchev–Trinajstić information content (AvgIpc) is 3.06. The first-order valence-corrected chi connectivity index (χ1v) is 10.00. The Labute approximate surface area is 151 Å². The highest BCUT2D eigenvalue weighted by Crippen LogP contribution is 2.34. The molecule has 4 aromatic rings. The summed E-state index contributed by atoms with van der Waals surface area (Å²) in [4.78, 5) is 3.56. The van der Waals surface area contributed by atoms with E-state index in [2.05, 4.69) is 4.98 Å². The number of halogens is 1. The molecule has 4 rings (SSSR count). The van der Waals surface area contributed by atoms with Crippen LogP contribution >= 0.6 is 0 Å². The molecule has 5 heteroatoms. The quantitative estimate of drug-likeness (QED) is 0.553. The molecule has 1 N–H and O–H groups in total. The van der Waals surface area contributed by atoms with Gasteiger partial charge in [0, 0.05) is 28.4 Å². The first-order valence-electron chi connectivity index (χ1n) is 8.10. The SMILES string of the molecule is CS(=O)(=O)c1ccc(-c2cc3c(-c4ccccc4)c(F)ccc3[nH]2)cc1. The Hall–Kier alpha value is -2.92. The van der Waals surface area contributed by atoms with Crippen LogP contribution in [0.5, 0.6) is 0 Å². The predicted octanol–water partition coefficient (Wildman–Crippen LogP) is 5.04. The van der Waals surface area contributed by atoms with Crippen molar-refractivity contribution in [2.24, 2.45) is 0 Å². The first kappa shape index (κ1) is 16.5. The number of nitrogens with one attached hydrogen (secondary N) is 1. The summed E-state index contributed by atoms with van der Waals surface area (Å²) in [5.41, 5.74) is 3.84. The summed E-state index contributed by atoms with van der Waals surface area (Å²) in [6.07, 6.45) is 1.18. The van der Waals surface area contributed by atoms with Crippen LogP contribution in [-0.2, 0) is 9.84 Å². The molecule has 0 spiro atoms. The second-order valence-electron chi connectivity index (χ2n) is 6.23. The molecule has 3 nitrogen and oxygen atoms in total. The number of rotatable bonds is 3. The van der Waals surface area contributed by atoms with Crippen LogP contribution in [0.25, 0.3) is 33.3 Å². The lowest BCUT2D eigenvalue weighted by molar-refractivity contribution is 0.602. The van der Waals surface area contributed by atoms with Gasteiger partial charge in [0.2, 0.25) is 0 Å². The molecule has 0 amide bonds. The smallest absolute Gasteiger partial charge is 0.175 e. The van der Waals surface area contributed by atoms with E-state index in [9.17, 15) is 12.8 Å². The number of hydrogen-bond donors (Lipinski definition) is 1. The Balaban J connectivity index is 1.86. The molecule has 1 heterocycles. The third kappa shape index (κ3) is 2.91. The van der Waals surface area contributed by atoms with E-state index in [0.29, 0.717) is 5.56 Å². The van der Waals surface area contributed by atoms with Crippen molar-refractivity contribution in [1.82, 2.24) is 4.98 Å². The van der Waals surface area contributed by atoms with Gasteiger partial charge in [0.05, 0.1) is 4.90 Å². The monoisotopic (exact) mass is 365 g/mol. The second-order valence-corrected chi connectivity index (χ2v) is 8.24. The van der Waals surface area contributed by atoms with Crippen LogP contribution in [0.1, 0.15) is 0 Å². The van der Waals surface area contributed by atoms with Crippen LogP contribution in [0, 0.1) is 5.82 Å². The zero-order chi connectivity index (χ0) is 18.3. The highest BCUT2D eigenvalue weighted by atomic mass is 32.2. The molecule has 0 saturated heterocycles. The van der Waals surface area contributed by atoms with Crippen LogP contribution in [0.2, 0.25) is 0 Å². The fourth-order valence-electron chi connectivity index (χ4n) is 3.11. The highest BCUT2D eigenvalue weighted by molar-refractivity contribution is 7.90. The van der Waals surface area contributed by atoms with Crippen LogP contribution in [0.15, 0.2) is 77.7 Å². The number of benzene rings is 3. The number of sulfone groups is 1. The number of hydrogen-bond acceptors (Lipinski definition) is 2. The Morgan fingerprint density at radius 2 is 1.54 bits per heavy atom. The van der Waals surface area contributed by atoms with E-state index in [0.717, 1.165) is 27.7 Å². The summed E-state index contributed by atoms with van der Waals surface area (Å²) in [7, 11) is -3.23. The van der Waals surface area contributed by atoms with Gasteiger partial charge < -0.3 is 4.98 Å². The topological polar surface area (TPSA) is 49.9 Å². The van der Waals surface area contributed by atoms with Crippen LogP contribution in [-0.4, -0.2) is 19.7 Å². The van der Waals surface area contributed by atoms with Crippen LogP contribution in [0.4, 0.5) is 4.39 Å². The maximum absolute atomic E-state index is 14.5. The highest BCUT2D eigenvalue weighted by Gasteiger charge is 2.14. The third-order valence-corrected chi connectivity index (χ3v) is 5.54. The van der Waals surface area contributed by atoms with E-state index in [1.165, 1.54) is 12.3 Å². The van der Waals surface area contributed by atoms with Crippen molar-refractivity contribution in [2.75, 3.05) is 6.26 Å². The van der Waals surface area contributed by atoms with Gasteiger partial charge >= 0.3 is 0 Å². The number of aromatic nitrogens is 1. The minimum atomic E-state index is -3.23. The second kappa shape index (κ2) is 6.11. The van der Waals surface area contributed by atoms with Gasteiger partial charge in [-0.2, -0.15) is 0 Å². The van der Waals surface area contributed by atoms with Crippen molar-refractivity contribution in [2.45, 2.75) is 4.90 Å². The molecule has 0 bridgehead atoms. The summed E-state index contributed by atoms with van der Waals surface area (Å²) >= 11 is 0. The van der Waals surface area contributed by atoms with Crippen molar-refractivity contribution in [3.63, 3.8) is 0 Å². The van der Waals surface area contributed by atoms with E-state index < -0.39 is 9.84 Å². The van der Waals surface area contributed by atoms with Crippen molar-refractivity contribution < 1.29 is 12.8 Å². The van der Waals surface area contributed by atoms with E-state index in [-0.39, 0.29) is 10.7 Å². The Bertz CT molecular complexity index is 1190. The summed E-state index contributed by atoms with van der Waals surface area (Å²) in [6.45, 7) is 0. The summed E-state index contributed by atoms with van der Waals surface area (Å²) in [6, 6.07) is 21.1. The third-order valence-electron chi connectivity index (χ3n) is 4.41. The van der Waals surface area contributed by atoms with E-state index in [1.807, 2.05) is 36.4 Å². The number of H-pyrrole nitrogens is 1. The normalized spacial score (nSPS) is 11.8. The molecule has 0 atom stereocenters. The minimum absolute atomic E-state index is 0.272. The van der Waals surface area contributed by atoms with E-state index in [1.54, 1.807) is 30.3 Å². The predicted molar refractivity (Wildman–Crippen MR) is 102 cm³/mol. The van der Waals surface area contributed by atoms with Crippen LogP contribution in [0.3, 0.4) is 0 Å². The molecule has 0 saturated carbocycles. The van der Waals surface area contributed by atoms with E-state index in [4.69, 9.17) is 0 Å². The lowest BCUT2D eigenvalue weighted by Gasteiger charge is -2.05. The molecule has 3 aromatic carbocycles. The Morgan fingerprint density at radius 3 is 2.19 bits per heavy atom. The Morgan fingerprint density at radius 1 is 0.846 bits per heavy atom. The molecule has 0 radical (unpaired) electrons. The fourth-order valence-corrected chi connectivity index (χ4v) is 3.74. The fraction of sp³-hybridized carbons (Fsp3) is 0.0476. The van der Waals surface area contributed by atoms with Gasteiger partial charge in [0.15, 0.2) is 9.84 Å².